The molecule has 1 unspecified atom stereocenters. The topological polar surface area (TPSA) is 142 Å². The Hall–Kier alpha value is -3.79. The van der Waals surface area contributed by atoms with Crippen molar-refractivity contribution in [2.24, 2.45) is 5.73 Å². The van der Waals surface area contributed by atoms with Crippen molar-refractivity contribution in [3.63, 3.8) is 0 Å². The fourth-order valence-electron chi connectivity index (χ4n) is 3.01. The van der Waals surface area contributed by atoms with Crippen LogP contribution in [0.15, 0.2) is 42.5 Å². The molecular formula is C22H21NO8S. The van der Waals surface area contributed by atoms with Gasteiger partial charge in [0, 0.05) is 38.3 Å². The molecule has 2 aromatic rings. The Morgan fingerprint density at radius 2 is 1.47 bits per heavy atom. The zero-order valence-electron chi connectivity index (χ0n) is 17.5. The van der Waals surface area contributed by atoms with Gasteiger partial charge in [0.15, 0.2) is 11.5 Å². The number of ether oxygens (including phenoxy) is 3. The molecule has 0 aliphatic heterocycles. The van der Waals surface area contributed by atoms with E-state index in [0.717, 1.165) is 13.8 Å². The maximum atomic E-state index is 12.4. The highest BCUT2D eigenvalue weighted by Gasteiger charge is 2.44. The quantitative estimate of drug-likeness (QED) is 0.343. The first-order valence-corrected chi connectivity index (χ1v) is 9.68. The van der Waals surface area contributed by atoms with Crippen molar-refractivity contribution in [1.29, 1.82) is 0 Å². The zero-order valence-corrected chi connectivity index (χ0v) is 18.4. The van der Waals surface area contributed by atoms with E-state index in [0.29, 0.717) is 11.1 Å². The maximum absolute atomic E-state index is 12.4. The van der Waals surface area contributed by atoms with Crippen LogP contribution < -0.4 is 15.2 Å². The average Bonchev–Trinajstić information content (AvgIpc) is 2.68. The molecule has 0 saturated heterocycles. The van der Waals surface area contributed by atoms with Gasteiger partial charge in [0.05, 0.1) is 0 Å². The summed E-state index contributed by atoms with van der Waals surface area (Å²) in [5, 5.41) is 10.1. The van der Waals surface area contributed by atoms with Crippen LogP contribution >= 0.6 is 12.2 Å². The fraction of sp³-hybridized carbons (Fsp3) is 0.227. The molecule has 1 atom stereocenters. The SMILES string of the molecule is CC(=O)Oc1ccc(CC(OC(C)=O)(C(=O)O)c2ccc(C(N)=S)cc2)cc1OC(C)=O. The van der Waals surface area contributed by atoms with Gasteiger partial charge in [-0.15, -0.1) is 0 Å². The summed E-state index contributed by atoms with van der Waals surface area (Å²) in [6.07, 6.45) is -0.317. The lowest BCUT2D eigenvalue weighted by atomic mass is 9.86. The van der Waals surface area contributed by atoms with Gasteiger partial charge in [-0.05, 0) is 17.7 Å². The molecule has 0 spiro atoms. The molecule has 0 amide bonds. The molecule has 0 saturated carbocycles. The Bertz CT molecular complexity index is 1080. The van der Waals surface area contributed by atoms with E-state index < -0.39 is 29.5 Å². The van der Waals surface area contributed by atoms with Crippen molar-refractivity contribution >= 4 is 41.1 Å². The summed E-state index contributed by atoms with van der Waals surface area (Å²) in [6.45, 7) is 3.43. The number of carboxylic acids is 1. The van der Waals surface area contributed by atoms with Gasteiger partial charge in [0.2, 0.25) is 5.60 Å². The van der Waals surface area contributed by atoms with E-state index in [2.05, 4.69) is 0 Å². The smallest absolute Gasteiger partial charge is 0.353 e. The number of carbonyl (C=O) groups excluding carboxylic acids is 3. The van der Waals surface area contributed by atoms with Gasteiger partial charge in [0.25, 0.3) is 0 Å². The molecule has 0 radical (unpaired) electrons. The number of esters is 3. The summed E-state index contributed by atoms with van der Waals surface area (Å²) in [4.78, 5) is 47.1. The lowest BCUT2D eigenvalue weighted by Crippen LogP contribution is -2.42. The van der Waals surface area contributed by atoms with E-state index in [1.54, 1.807) is 0 Å². The molecule has 0 aliphatic carbocycles. The monoisotopic (exact) mass is 459 g/mol. The molecule has 10 heteroatoms. The molecule has 2 rings (SSSR count). The molecule has 0 heterocycles. The van der Waals surface area contributed by atoms with Crippen LogP contribution in [-0.2, 0) is 35.9 Å². The van der Waals surface area contributed by atoms with Crippen LogP contribution in [0.2, 0.25) is 0 Å². The summed E-state index contributed by atoms with van der Waals surface area (Å²) in [5.41, 5.74) is 4.50. The van der Waals surface area contributed by atoms with E-state index in [1.165, 1.54) is 49.4 Å². The standard InChI is InChI=1S/C22H21NO8S/c1-12(24)29-18-9-4-15(10-19(18)30-13(2)25)11-22(21(27)28,31-14(3)26)17-7-5-16(6-8-17)20(23)32/h4-10H,11H2,1-3H3,(H2,23,32)(H,27,28). The van der Waals surface area contributed by atoms with Crippen molar-refractivity contribution in [3.8, 4) is 11.5 Å². The van der Waals surface area contributed by atoms with Crippen LogP contribution in [0.5, 0.6) is 11.5 Å². The minimum Gasteiger partial charge on any atom is -0.478 e. The number of carboxylic acid groups (broad SMARTS) is 1. The van der Waals surface area contributed by atoms with Crippen molar-refractivity contribution < 1.29 is 38.5 Å². The number of rotatable bonds is 8. The fourth-order valence-corrected chi connectivity index (χ4v) is 3.15. The predicted octanol–water partition coefficient (Wildman–Crippen LogP) is 2.26. The van der Waals surface area contributed by atoms with Gasteiger partial charge < -0.3 is 25.1 Å². The van der Waals surface area contributed by atoms with Gasteiger partial charge in [0.1, 0.15) is 4.99 Å². The van der Waals surface area contributed by atoms with Gasteiger partial charge in [-0.3, -0.25) is 14.4 Å². The molecule has 2 aromatic carbocycles. The summed E-state index contributed by atoms with van der Waals surface area (Å²) in [7, 11) is 0. The number of hydrogen-bond donors (Lipinski definition) is 2. The minimum absolute atomic E-state index is 0.0225. The summed E-state index contributed by atoms with van der Waals surface area (Å²) in [5.74, 6) is -3.66. The van der Waals surface area contributed by atoms with Gasteiger partial charge in [-0.25, -0.2) is 4.79 Å². The van der Waals surface area contributed by atoms with Crippen molar-refractivity contribution in [2.75, 3.05) is 0 Å². The van der Waals surface area contributed by atoms with E-state index in [-0.39, 0.29) is 28.5 Å². The Morgan fingerprint density at radius 1 is 0.906 bits per heavy atom. The van der Waals surface area contributed by atoms with Crippen LogP contribution in [0.4, 0.5) is 0 Å². The number of benzene rings is 2. The number of thiocarbonyl (C=S) groups is 1. The Balaban J connectivity index is 2.59. The van der Waals surface area contributed by atoms with E-state index >= 15 is 0 Å². The first-order valence-electron chi connectivity index (χ1n) is 9.27. The summed E-state index contributed by atoms with van der Waals surface area (Å²) >= 11 is 4.91. The number of carbonyl (C=O) groups is 4. The van der Waals surface area contributed by atoms with Crippen LogP contribution in [0.25, 0.3) is 0 Å². The van der Waals surface area contributed by atoms with Crippen molar-refractivity contribution in [2.45, 2.75) is 32.8 Å². The second-order valence-corrected chi connectivity index (χ2v) is 7.25. The highest BCUT2D eigenvalue weighted by molar-refractivity contribution is 7.80. The predicted molar refractivity (Wildman–Crippen MR) is 116 cm³/mol. The van der Waals surface area contributed by atoms with Crippen LogP contribution in [0, 0.1) is 0 Å². The number of nitrogens with two attached hydrogens (primary N) is 1. The van der Waals surface area contributed by atoms with Crippen LogP contribution in [-0.4, -0.2) is 34.0 Å². The third-order valence-electron chi connectivity index (χ3n) is 4.27. The summed E-state index contributed by atoms with van der Waals surface area (Å²) < 4.78 is 15.4. The number of aliphatic carboxylic acids is 1. The number of hydrogen-bond acceptors (Lipinski definition) is 8. The zero-order chi connectivity index (χ0) is 24.1. The third kappa shape index (κ3) is 5.88. The third-order valence-corrected chi connectivity index (χ3v) is 4.50. The molecular weight excluding hydrogens is 438 g/mol. The molecule has 32 heavy (non-hydrogen) atoms. The molecule has 0 fully saturated rings. The minimum atomic E-state index is -2.10. The van der Waals surface area contributed by atoms with E-state index in [4.69, 9.17) is 32.2 Å². The van der Waals surface area contributed by atoms with Gasteiger partial charge in [-0.2, -0.15) is 0 Å². The first kappa shape index (κ1) is 24.5. The molecule has 0 aromatic heterocycles. The Labute approximate surface area is 189 Å². The first-order chi connectivity index (χ1) is 14.9. The van der Waals surface area contributed by atoms with E-state index in [9.17, 15) is 24.3 Å². The van der Waals surface area contributed by atoms with Crippen LogP contribution in [0.1, 0.15) is 37.5 Å². The molecule has 168 valence electrons. The lowest BCUT2D eigenvalue weighted by Gasteiger charge is -2.30. The van der Waals surface area contributed by atoms with Gasteiger partial charge in [-0.1, -0.05) is 42.5 Å². The second-order valence-electron chi connectivity index (χ2n) is 6.81. The Kier molecular flexibility index (Phi) is 7.66. The lowest BCUT2D eigenvalue weighted by molar-refractivity contribution is -0.179. The molecule has 3 N–H and O–H groups in total. The normalized spacial score (nSPS) is 12.2. The van der Waals surface area contributed by atoms with Crippen molar-refractivity contribution in [3.05, 3.63) is 59.2 Å². The van der Waals surface area contributed by atoms with Gasteiger partial charge >= 0.3 is 23.9 Å². The molecule has 0 bridgehead atoms. The van der Waals surface area contributed by atoms with E-state index in [1.807, 2.05) is 0 Å². The maximum Gasteiger partial charge on any atom is 0.353 e. The summed E-state index contributed by atoms with van der Waals surface area (Å²) in [6, 6.07) is 10.1. The largest absolute Gasteiger partial charge is 0.478 e. The van der Waals surface area contributed by atoms with Crippen molar-refractivity contribution in [1.82, 2.24) is 0 Å². The average molecular weight is 459 g/mol. The molecule has 9 nitrogen and oxygen atoms in total. The molecule has 0 aliphatic rings. The highest BCUT2D eigenvalue weighted by atomic mass is 32.1. The second kappa shape index (κ2) is 10.0. The highest BCUT2D eigenvalue weighted by Crippen LogP contribution is 2.35. The Morgan fingerprint density at radius 3 is 1.94 bits per heavy atom. The van der Waals surface area contributed by atoms with Crippen LogP contribution in [0.3, 0.4) is 0 Å².